The van der Waals surface area contributed by atoms with Gasteiger partial charge < -0.3 is 19.7 Å². The van der Waals surface area contributed by atoms with Gasteiger partial charge in [0.05, 0.1) is 29.0 Å². The summed E-state index contributed by atoms with van der Waals surface area (Å²) < 4.78 is 53.3. The van der Waals surface area contributed by atoms with Crippen LogP contribution in [0.5, 0.6) is 11.5 Å². The van der Waals surface area contributed by atoms with Gasteiger partial charge in [-0.15, -0.1) is 0 Å². The Morgan fingerprint density at radius 1 is 1.03 bits per heavy atom. The Morgan fingerprint density at radius 2 is 1.79 bits per heavy atom. The number of pyridine rings is 1. The van der Waals surface area contributed by atoms with E-state index in [1.165, 1.54) is 31.4 Å². The van der Waals surface area contributed by atoms with Crippen molar-refractivity contribution in [2.24, 2.45) is 0 Å². The summed E-state index contributed by atoms with van der Waals surface area (Å²) in [6.45, 7) is 1.35. The fourth-order valence-electron chi connectivity index (χ4n) is 4.04. The number of carbonyl (C=O) groups is 2. The minimum absolute atomic E-state index is 0.0199. The number of thiazole rings is 1. The number of nitrogens with zero attached hydrogens (tertiary/aromatic N) is 3. The molecule has 0 spiro atoms. The van der Waals surface area contributed by atoms with Gasteiger partial charge in [0, 0.05) is 49.7 Å². The van der Waals surface area contributed by atoms with Gasteiger partial charge in [-0.2, -0.15) is 13.2 Å². The van der Waals surface area contributed by atoms with Crippen LogP contribution in [0.1, 0.15) is 26.4 Å². The standard InChI is InChI=1S/C26H22F3N5O4S/c1-30-24(36)20-13-17(6-7-31-20)38-16-3-4-19-22(14-16)39-25(32-19)33-23(35)15-2-5-21(18(12-15)26(27,28)29)34-8-10-37-11-9-34/h2-7,12-14H,8-11H2,1H3,(H,30,36)(H,32,33,35). The second-order valence-corrected chi connectivity index (χ2v) is 9.52. The fourth-order valence-corrected chi connectivity index (χ4v) is 4.93. The SMILES string of the molecule is CNC(=O)c1cc(Oc2ccc3nc(NC(=O)c4ccc(N5CCOCC5)c(C(F)(F)F)c4)sc3c2)ccn1. The first-order valence-electron chi connectivity index (χ1n) is 11.8. The van der Waals surface area contributed by atoms with Gasteiger partial charge in [0.15, 0.2) is 5.13 Å². The fraction of sp³-hybridized carbons (Fsp3) is 0.231. The smallest absolute Gasteiger partial charge is 0.418 e. The number of ether oxygens (including phenoxy) is 2. The molecule has 0 radical (unpaired) electrons. The van der Waals surface area contributed by atoms with Gasteiger partial charge in [0.2, 0.25) is 0 Å². The normalized spacial score (nSPS) is 13.8. The molecule has 202 valence electrons. The number of benzene rings is 2. The second-order valence-electron chi connectivity index (χ2n) is 8.49. The Bertz CT molecular complexity index is 1540. The van der Waals surface area contributed by atoms with E-state index in [9.17, 15) is 22.8 Å². The van der Waals surface area contributed by atoms with Gasteiger partial charge in [0.25, 0.3) is 11.8 Å². The molecular weight excluding hydrogens is 535 g/mol. The number of anilines is 2. The highest BCUT2D eigenvalue weighted by atomic mass is 32.1. The third-order valence-electron chi connectivity index (χ3n) is 5.92. The van der Waals surface area contributed by atoms with Gasteiger partial charge in [-0.1, -0.05) is 11.3 Å². The number of nitrogens with one attached hydrogen (secondary N) is 2. The summed E-state index contributed by atoms with van der Waals surface area (Å²) in [6.07, 6.45) is -3.18. The summed E-state index contributed by atoms with van der Waals surface area (Å²) >= 11 is 1.15. The highest BCUT2D eigenvalue weighted by Crippen LogP contribution is 2.38. The molecule has 0 aliphatic carbocycles. The molecule has 5 rings (SSSR count). The molecule has 3 heterocycles. The van der Waals surface area contributed by atoms with Crippen molar-refractivity contribution < 1.29 is 32.2 Å². The van der Waals surface area contributed by atoms with E-state index in [4.69, 9.17) is 9.47 Å². The average Bonchev–Trinajstić information content (AvgIpc) is 3.34. The van der Waals surface area contributed by atoms with Crippen molar-refractivity contribution >= 4 is 44.2 Å². The van der Waals surface area contributed by atoms with E-state index in [1.807, 2.05) is 0 Å². The quantitative estimate of drug-likeness (QED) is 0.346. The molecule has 9 nitrogen and oxygen atoms in total. The van der Waals surface area contributed by atoms with Crippen LogP contribution in [-0.4, -0.2) is 55.1 Å². The molecule has 0 unspecified atom stereocenters. The van der Waals surface area contributed by atoms with E-state index in [0.29, 0.717) is 48.0 Å². The van der Waals surface area contributed by atoms with E-state index in [2.05, 4.69) is 20.6 Å². The first-order valence-corrected chi connectivity index (χ1v) is 12.6. The van der Waals surface area contributed by atoms with E-state index in [0.717, 1.165) is 17.4 Å². The third-order valence-corrected chi connectivity index (χ3v) is 6.86. The molecule has 13 heteroatoms. The molecular formula is C26H22F3N5O4S. The molecule has 1 fully saturated rings. The molecule has 1 saturated heterocycles. The molecule has 1 aliphatic rings. The minimum atomic E-state index is -4.63. The average molecular weight is 558 g/mol. The summed E-state index contributed by atoms with van der Waals surface area (Å²) in [5.41, 5.74) is -0.217. The number of amides is 2. The second kappa shape index (κ2) is 10.9. The summed E-state index contributed by atoms with van der Waals surface area (Å²) in [5, 5.41) is 5.31. The van der Waals surface area contributed by atoms with Crippen LogP contribution in [0.25, 0.3) is 10.2 Å². The summed E-state index contributed by atoms with van der Waals surface area (Å²) in [7, 11) is 1.50. The highest BCUT2D eigenvalue weighted by Gasteiger charge is 2.36. The molecule has 4 aromatic rings. The van der Waals surface area contributed by atoms with Crippen molar-refractivity contribution in [3.63, 3.8) is 0 Å². The number of aromatic nitrogens is 2. The molecule has 1 aliphatic heterocycles. The van der Waals surface area contributed by atoms with Crippen molar-refractivity contribution in [3.05, 3.63) is 71.5 Å². The topological polar surface area (TPSA) is 106 Å². The zero-order valence-electron chi connectivity index (χ0n) is 20.5. The Balaban J connectivity index is 1.34. The Labute approximate surface area is 224 Å². The molecule has 2 aromatic heterocycles. The van der Waals surface area contributed by atoms with Crippen LogP contribution in [0.4, 0.5) is 24.0 Å². The zero-order valence-corrected chi connectivity index (χ0v) is 21.4. The van der Waals surface area contributed by atoms with Gasteiger partial charge >= 0.3 is 6.18 Å². The van der Waals surface area contributed by atoms with Crippen molar-refractivity contribution in [1.82, 2.24) is 15.3 Å². The summed E-state index contributed by atoms with van der Waals surface area (Å²) in [6, 6.07) is 11.7. The van der Waals surface area contributed by atoms with Crippen molar-refractivity contribution in [1.29, 1.82) is 0 Å². The monoisotopic (exact) mass is 557 g/mol. The third kappa shape index (κ3) is 5.94. The number of halogens is 3. The lowest BCUT2D eigenvalue weighted by Crippen LogP contribution is -2.37. The first kappa shape index (κ1) is 26.4. The number of fused-ring (bicyclic) bond motifs is 1. The van der Waals surface area contributed by atoms with Crippen molar-refractivity contribution in [2.45, 2.75) is 6.18 Å². The number of hydrogen-bond donors (Lipinski definition) is 2. The molecule has 0 atom stereocenters. The number of rotatable bonds is 6. The molecule has 0 bridgehead atoms. The maximum absolute atomic E-state index is 13.9. The molecule has 0 saturated carbocycles. The molecule has 2 N–H and O–H groups in total. The molecule has 2 aromatic carbocycles. The first-order chi connectivity index (χ1) is 18.7. The van der Waals surface area contributed by atoms with Crippen LogP contribution in [-0.2, 0) is 10.9 Å². The van der Waals surface area contributed by atoms with E-state index in [-0.39, 0.29) is 28.0 Å². The lowest BCUT2D eigenvalue weighted by Gasteiger charge is -2.31. The number of hydrogen-bond acceptors (Lipinski definition) is 8. The zero-order chi connectivity index (χ0) is 27.6. The van der Waals surface area contributed by atoms with Crippen LogP contribution in [0, 0.1) is 0 Å². The van der Waals surface area contributed by atoms with Crippen molar-refractivity contribution in [2.75, 3.05) is 43.6 Å². The van der Waals surface area contributed by atoms with E-state index < -0.39 is 17.6 Å². The van der Waals surface area contributed by atoms with E-state index in [1.54, 1.807) is 29.2 Å². The maximum atomic E-state index is 13.9. The predicted octanol–water partition coefficient (Wildman–Crippen LogP) is 4.95. The molecule has 2 amide bonds. The largest absolute Gasteiger partial charge is 0.457 e. The van der Waals surface area contributed by atoms with Crippen LogP contribution in [0.2, 0.25) is 0 Å². The lowest BCUT2D eigenvalue weighted by molar-refractivity contribution is -0.137. The van der Waals surface area contributed by atoms with Gasteiger partial charge in [0.1, 0.15) is 17.2 Å². The maximum Gasteiger partial charge on any atom is 0.418 e. The van der Waals surface area contributed by atoms with Crippen molar-refractivity contribution in [3.8, 4) is 11.5 Å². The van der Waals surface area contributed by atoms with Crippen LogP contribution in [0.15, 0.2) is 54.7 Å². The van der Waals surface area contributed by atoms with Crippen LogP contribution < -0.4 is 20.3 Å². The number of alkyl halides is 3. The van der Waals surface area contributed by atoms with Gasteiger partial charge in [-0.25, -0.2) is 4.98 Å². The lowest BCUT2D eigenvalue weighted by atomic mass is 10.1. The van der Waals surface area contributed by atoms with Crippen LogP contribution in [0.3, 0.4) is 0 Å². The van der Waals surface area contributed by atoms with Gasteiger partial charge in [-0.3, -0.25) is 19.9 Å². The van der Waals surface area contributed by atoms with E-state index >= 15 is 0 Å². The predicted molar refractivity (Wildman–Crippen MR) is 140 cm³/mol. The summed E-state index contributed by atoms with van der Waals surface area (Å²) in [5.74, 6) is -0.187. The highest BCUT2D eigenvalue weighted by molar-refractivity contribution is 7.22. The van der Waals surface area contributed by atoms with Gasteiger partial charge in [-0.05, 0) is 36.4 Å². The Kier molecular flexibility index (Phi) is 7.35. The Morgan fingerprint density at radius 3 is 2.54 bits per heavy atom. The number of carbonyl (C=O) groups excluding carboxylic acids is 2. The number of morpholine rings is 1. The van der Waals surface area contributed by atoms with Crippen LogP contribution >= 0.6 is 11.3 Å². The Hall–Kier alpha value is -4.23. The molecule has 39 heavy (non-hydrogen) atoms. The minimum Gasteiger partial charge on any atom is -0.457 e. The summed E-state index contributed by atoms with van der Waals surface area (Å²) in [4.78, 5) is 34.6.